The van der Waals surface area contributed by atoms with Gasteiger partial charge in [0.1, 0.15) is 6.54 Å². The summed E-state index contributed by atoms with van der Waals surface area (Å²) in [4.78, 5) is 24.3. The summed E-state index contributed by atoms with van der Waals surface area (Å²) in [5.74, 6) is -1.16. The van der Waals surface area contributed by atoms with Crippen LogP contribution in [0.5, 0.6) is 0 Å². The van der Waals surface area contributed by atoms with Crippen LogP contribution in [0.1, 0.15) is 15.9 Å². The SMILES string of the molecule is COC(=O)c1cccc(NC(=O)CN(c2cc(Cl)ccc2Cl)S(C)(=O)=O)c1C. The molecule has 0 unspecified atom stereocenters. The average Bonchev–Trinajstić information content (AvgIpc) is 2.62. The predicted molar refractivity (Wildman–Crippen MR) is 110 cm³/mol. The third-order valence-electron chi connectivity index (χ3n) is 3.88. The van der Waals surface area contributed by atoms with Gasteiger partial charge < -0.3 is 10.1 Å². The molecule has 2 aromatic carbocycles. The van der Waals surface area contributed by atoms with Crippen LogP contribution in [0.3, 0.4) is 0 Å². The van der Waals surface area contributed by atoms with Crippen molar-refractivity contribution in [3.63, 3.8) is 0 Å². The van der Waals surface area contributed by atoms with Gasteiger partial charge in [-0.1, -0.05) is 29.3 Å². The number of sulfonamides is 1. The molecule has 1 N–H and O–H groups in total. The van der Waals surface area contributed by atoms with Gasteiger partial charge in [0, 0.05) is 10.7 Å². The summed E-state index contributed by atoms with van der Waals surface area (Å²) in [6, 6.07) is 9.05. The number of nitrogens with zero attached hydrogens (tertiary/aromatic N) is 1. The fraction of sp³-hybridized carbons (Fsp3) is 0.222. The minimum absolute atomic E-state index is 0.0897. The summed E-state index contributed by atoms with van der Waals surface area (Å²) in [7, 11) is -2.57. The minimum atomic E-state index is -3.82. The van der Waals surface area contributed by atoms with Crippen LogP contribution in [0.2, 0.25) is 10.0 Å². The molecule has 10 heteroatoms. The number of hydrogen-bond donors (Lipinski definition) is 1. The van der Waals surface area contributed by atoms with Crippen LogP contribution >= 0.6 is 23.2 Å². The van der Waals surface area contributed by atoms with E-state index in [1.165, 1.54) is 25.3 Å². The topological polar surface area (TPSA) is 92.8 Å². The number of carbonyl (C=O) groups is 2. The van der Waals surface area contributed by atoms with Crippen LogP contribution in [0, 0.1) is 6.92 Å². The Balaban J connectivity index is 2.31. The number of amides is 1. The number of carbonyl (C=O) groups excluding carboxylic acids is 2. The molecule has 0 atom stereocenters. The lowest BCUT2D eigenvalue weighted by Crippen LogP contribution is -2.37. The van der Waals surface area contributed by atoms with E-state index in [1.54, 1.807) is 25.1 Å². The highest BCUT2D eigenvalue weighted by Crippen LogP contribution is 2.30. The molecule has 0 fully saturated rings. The van der Waals surface area contributed by atoms with Gasteiger partial charge in [-0.3, -0.25) is 9.10 Å². The van der Waals surface area contributed by atoms with E-state index in [-0.39, 0.29) is 21.3 Å². The van der Waals surface area contributed by atoms with E-state index in [0.717, 1.165) is 10.6 Å². The van der Waals surface area contributed by atoms with E-state index < -0.39 is 28.4 Å². The Labute approximate surface area is 173 Å². The smallest absolute Gasteiger partial charge is 0.338 e. The van der Waals surface area contributed by atoms with Gasteiger partial charge in [0.2, 0.25) is 15.9 Å². The first kappa shape index (κ1) is 22.0. The number of benzene rings is 2. The fourth-order valence-corrected chi connectivity index (χ4v) is 3.78. The first-order chi connectivity index (χ1) is 13.0. The first-order valence-corrected chi connectivity index (χ1v) is 10.6. The lowest BCUT2D eigenvalue weighted by molar-refractivity contribution is -0.114. The molecule has 1 amide bonds. The van der Waals surface area contributed by atoms with Gasteiger partial charge in [0.25, 0.3) is 0 Å². The highest BCUT2D eigenvalue weighted by Gasteiger charge is 2.24. The normalized spacial score (nSPS) is 11.0. The second kappa shape index (κ2) is 8.81. The maximum atomic E-state index is 12.5. The highest BCUT2D eigenvalue weighted by atomic mass is 35.5. The maximum absolute atomic E-state index is 12.5. The van der Waals surface area contributed by atoms with E-state index in [9.17, 15) is 18.0 Å². The second-order valence-corrected chi connectivity index (χ2v) is 8.63. The molecule has 0 saturated heterocycles. The van der Waals surface area contributed by atoms with Gasteiger partial charge in [-0.15, -0.1) is 0 Å². The van der Waals surface area contributed by atoms with Gasteiger partial charge in [0.15, 0.2) is 0 Å². The Morgan fingerprint density at radius 3 is 2.46 bits per heavy atom. The monoisotopic (exact) mass is 444 g/mol. The first-order valence-electron chi connectivity index (χ1n) is 7.95. The van der Waals surface area contributed by atoms with Crippen molar-refractivity contribution in [3.8, 4) is 0 Å². The Morgan fingerprint density at radius 2 is 1.86 bits per heavy atom. The van der Waals surface area contributed by atoms with Gasteiger partial charge in [-0.2, -0.15) is 0 Å². The largest absolute Gasteiger partial charge is 0.465 e. The van der Waals surface area contributed by atoms with Crippen LogP contribution < -0.4 is 9.62 Å². The molecular weight excluding hydrogens is 427 g/mol. The summed E-state index contributed by atoms with van der Waals surface area (Å²) in [5, 5.41) is 3.01. The highest BCUT2D eigenvalue weighted by molar-refractivity contribution is 7.92. The molecular formula is C18H18Cl2N2O5S. The fourth-order valence-electron chi connectivity index (χ4n) is 2.48. The summed E-state index contributed by atoms with van der Waals surface area (Å²) in [6.07, 6.45) is 0.959. The molecule has 2 aromatic rings. The van der Waals surface area contributed by atoms with E-state index in [2.05, 4.69) is 5.32 Å². The molecule has 0 aliphatic carbocycles. The lowest BCUT2D eigenvalue weighted by Gasteiger charge is -2.23. The van der Waals surface area contributed by atoms with Crippen LogP contribution in [0.25, 0.3) is 0 Å². The van der Waals surface area contributed by atoms with Gasteiger partial charge in [0.05, 0.1) is 29.6 Å². The molecule has 0 aliphatic heterocycles. The summed E-state index contributed by atoms with van der Waals surface area (Å²) >= 11 is 12.0. The quantitative estimate of drug-likeness (QED) is 0.688. The van der Waals surface area contributed by atoms with Crippen molar-refractivity contribution in [1.29, 1.82) is 0 Å². The van der Waals surface area contributed by atoms with Crippen LogP contribution in [0.4, 0.5) is 11.4 Å². The van der Waals surface area contributed by atoms with Crippen molar-refractivity contribution in [2.75, 3.05) is 29.5 Å². The van der Waals surface area contributed by atoms with Crippen LogP contribution in [-0.2, 0) is 19.6 Å². The number of hydrogen-bond acceptors (Lipinski definition) is 5. The van der Waals surface area contributed by atoms with Crippen molar-refractivity contribution >= 4 is 56.5 Å². The predicted octanol–water partition coefficient (Wildman–Crippen LogP) is 3.49. The van der Waals surface area contributed by atoms with Crippen LogP contribution in [0.15, 0.2) is 36.4 Å². The number of halogens is 2. The Morgan fingerprint density at radius 1 is 1.18 bits per heavy atom. The molecule has 0 heterocycles. The number of anilines is 2. The zero-order chi connectivity index (χ0) is 21.1. The third kappa shape index (κ3) is 5.15. The van der Waals surface area contributed by atoms with Crippen molar-refractivity contribution in [2.24, 2.45) is 0 Å². The molecule has 0 saturated carbocycles. The van der Waals surface area contributed by atoms with Crippen LogP contribution in [-0.4, -0.2) is 40.2 Å². The molecule has 2 rings (SSSR count). The van der Waals surface area contributed by atoms with E-state index in [1.807, 2.05) is 0 Å². The van der Waals surface area contributed by atoms with Crippen molar-refractivity contribution in [2.45, 2.75) is 6.92 Å². The van der Waals surface area contributed by atoms with Crippen molar-refractivity contribution < 1.29 is 22.7 Å². The van der Waals surface area contributed by atoms with E-state index in [0.29, 0.717) is 11.3 Å². The molecule has 0 aliphatic rings. The Bertz CT molecular complexity index is 1020. The maximum Gasteiger partial charge on any atom is 0.338 e. The number of rotatable bonds is 6. The molecule has 0 bridgehead atoms. The summed E-state index contributed by atoms with van der Waals surface area (Å²) in [6.45, 7) is 1.12. The Hall–Kier alpha value is -2.29. The van der Waals surface area contributed by atoms with Gasteiger partial charge in [-0.25, -0.2) is 13.2 Å². The molecule has 0 radical (unpaired) electrons. The standard InChI is InChI=1S/C18H18Cl2N2O5S/c1-11-13(18(24)27-2)5-4-6-15(11)21-17(23)10-22(28(3,25)26)16-9-12(19)7-8-14(16)20/h4-9H,10H2,1-3H3,(H,21,23). The van der Waals surface area contributed by atoms with E-state index in [4.69, 9.17) is 27.9 Å². The molecule has 28 heavy (non-hydrogen) atoms. The second-order valence-electron chi connectivity index (χ2n) is 5.88. The van der Waals surface area contributed by atoms with Gasteiger partial charge in [-0.05, 0) is 42.8 Å². The molecule has 0 spiro atoms. The van der Waals surface area contributed by atoms with Crippen molar-refractivity contribution in [1.82, 2.24) is 0 Å². The van der Waals surface area contributed by atoms with Gasteiger partial charge >= 0.3 is 5.97 Å². The number of nitrogens with one attached hydrogen (secondary N) is 1. The number of ether oxygens (including phenoxy) is 1. The zero-order valence-electron chi connectivity index (χ0n) is 15.3. The average molecular weight is 445 g/mol. The number of methoxy groups -OCH3 is 1. The lowest BCUT2D eigenvalue weighted by atomic mass is 10.1. The number of esters is 1. The molecule has 7 nitrogen and oxygen atoms in total. The third-order valence-corrected chi connectivity index (χ3v) is 5.56. The minimum Gasteiger partial charge on any atom is -0.465 e. The van der Waals surface area contributed by atoms with Crippen molar-refractivity contribution in [3.05, 3.63) is 57.6 Å². The summed E-state index contributed by atoms with van der Waals surface area (Å²) < 4.78 is 30.0. The zero-order valence-corrected chi connectivity index (χ0v) is 17.7. The Kier molecular flexibility index (Phi) is 6.92. The van der Waals surface area contributed by atoms with E-state index >= 15 is 0 Å². The molecule has 150 valence electrons. The molecule has 0 aromatic heterocycles. The summed E-state index contributed by atoms with van der Waals surface area (Å²) in [5.41, 5.74) is 1.23.